The van der Waals surface area contributed by atoms with Gasteiger partial charge in [-0.05, 0) is 51.0 Å². The quantitative estimate of drug-likeness (QED) is 0.316. The fourth-order valence-corrected chi connectivity index (χ4v) is 5.69. The highest BCUT2D eigenvalue weighted by Gasteiger charge is 2.35. The minimum atomic E-state index is -3.94. The predicted octanol–water partition coefficient (Wildman–Crippen LogP) is 6.18. The number of nitrogens with zero attached hydrogens (tertiary/aromatic N) is 1. The lowest BCUT2D eigenvalue weighted by atomic mass is 9.90. The standard InChI is InChI=1S/C25H27ClF2N2O4S.C2H6/c1-3-4-6-16(2)11-18-15-30(10-9-23(18)31)35(33,34)20-8-5-7-17(12-20)25(32)29-19-13-21(26)24(28)22(27)14-19;1-2/h3-8,12-14,18,23,31H,9-11,15H2,1-2H3,(H,29,32);1-2H3/b4-3-,16-6+;. The molecular weight excluding hydrogens is 522 g/mol. The van der Waals surface area contributed by atoms with Crippen molar-refractivity contribution in [2.75, 3.05) is 18.4 Å². The number of anilines is 1. The first-order valence-electron chi connectivity index (χ1n) is 12.1. The van der Waals surface area contributed by atoms with Gasteiger partial charge >= 0.3 is 0 Å². The van der Waals surface area contributed by atoms with E-state index >= 15 is 0 Å². The van der Waals surface area contributed by atoms with Crippen LogP contribution in [0, 0.1) is 17.6 Å². The van der Waals surface area contributed by atoms with Gasteiger partial charge in [0.05, 0.1) is 16.0 Å². The van der Waals surface area contributed by atoms with Gasteiger partial charge in [0.15, 0.2) is 11.6 Å². The summed E-state index contributed by atoms with van der Waals surface area (Å²) in [6, 6.07) is 7.30. The Morgan fingerprint density at radius 1 is 1.24 bits per heavy atom. The first-order valence-corrected chi connectivity index (χ1v) is 13.9. The molecule has 2 atom stereocenters. The fourth-order valence-electron chi connectivity index (χ4n) is 3.93. The number of piperidine rings is 1. The largest absolute Gasteiger partial charge is 0.393 e. The number of hydrogen-bond acceptors (Lipinski definition) is 4. The van der Waals surface area contributed by atoms with Crippen LogP contribution in [0.4, 0.5) is 14.5 Å². The molecule has 10 heteroatoms. The third-order valence-corrected chi connectivity index (χ3v) is 7.93. The summed E-state index contributed by atoms with van der Waals surface area (Å²) >= 11 is 5.62. The van der Waals surface area contributed by atoms with Crippen molar-refractivity contribution in [1.82, 2.24) is 4.31 Å². The number of aliphatic hydroxyl groups excluding tert-OH is 1. The summed E-state index contributed by atoms with van der Waals surface area (Å²) in [6.07, 6.45) is 5.96. The van der Waals surface area contributed by atoms with Crippen molar-refractivity contribution in [1.29, 1.82) is 0 Å². The van der Waals surface area contributed by atoms with E-state index in [0.717, 1.165) is 17.7 Å². The Morgan fingerprint density at radius 2 is 1.95 bits per heavy atom. The average molecular weight is 555 g/mol. The number of carbonyl (C=O) groups excluding carboxylic acids is 1. The summed E-state index contributed by atoms with van der Waals surface area (Å²) in [6.45, 7) is 8.13. The van der Waals surface area contributed by atoms with E-state index in [9.17, 15) is 27.1 Å². The van der Waals surface area contributed by atoms with Crippen molar-refractivity contribution in [3.8, 4) is 0 Å². The smallest absolute Gasteiger partial charge is 0.255 e. The van der Waals surface area contributed by atoms with E-state index in [0.29, 0.717) is 12.8 Å². The molecule has 1 aliphatic heterocycles. The van der Waals surface area contributed by atoms with E-state index in [4.69, 9.17) is 11.6 Å². The topological polar surface area (TPSA) is 86.7 Å². The Hall–Kier alpha value is -2.59. The normalized spacial score (nSPS) is 18.9. The van der Waals surface area contributed by atoms with Gasteiger partial charge in [0.1, 0.15) is 0 Å². The van der Waals surface area contributed by atoms with E-state index < -0.39 is 38.7 Å². The Balaban J connectivity index is 0.00000235. The van der Waals surface area contributed by atoms with Gasteiger partial charge in [-0.25, -0.2) is 17.2 Å². The third-order valence-electron chi connectivity index (χ3n) is 5.79. The SMILES string of the molecule is C/C=C\C=C(/C)CC1CN(S(=O)(=O)c2cccc(C(=O)Nc3cc(F)c(F)c(Cl)c3)c2)CCC1O.CC. The second-order valence-corrected chi connectivity index (χ2v) is 10.8. The van der Waals surface area contributed by atoms with E-state index in [1.807, 2.05) is 45.9 Å². The summed E-state index contributed by atoms with van der Waals surface area (Å²) in [5, 5.41) is 12.3. The second-order valence-electron chi connectivity index (χ2n) is 8.46. The molecule has 6 nitrogen and oxygen atoms in total. The van der Waals surface area contributed by atoms with Crippen molar-refractivity contribution < 1.29 is 27.1 Å². The Kier molecular flexibility index (Phi) is 11.4. The maximum absolute atomic E-state index is 13.6. The number of amides is 1. The Morgan fingerprint density at radius 3 is 2.59 bits per heavy atom. The van der Waals surface area contributed by atoms with Gasteiger partial charge in [0.25, 0.3) is 5.91 Å². The lowest BCUT2D eigenvalue weighted by Gasteiger charge is -2.35. The molecule has 1 aliphatic rings. The summed E-state index contributed by atoms with van der Waals surface area (Å²) in [5.74, 6) is -3.41. The van der Waals surface area contributed by atoms with Crippen LogP contribution in [0.25, 0.3) is 0 Å². The molecule has 2 unspecified atom stereocenters. The molecule has 0 saturated carbocycles. The zero-order chi connectivity index (χ0) is 27.8. The minimum absolute atomic E-state index is 0.0191. The van der Waals surface area contributed by atoms with Gasteiger partial charge in [-0.15, -0.1) is 0 Å². The molecular formula is C27H33ClF2N2O4S. The first kappa shape index (κ1) is 30.6. The van der Waals surface area contributed by atoms with Crippen LogP contribution in [-0.4, -0.2) is 42.9 Å². The van der Waals surface area contributed by atoms with Crippen molar-refractivity contribution in [3.63, 3.8) is 0 Å². The fraction of sp³-hybridized carbons (Fsp3) is 0.370. The van der Waals surface area contributed by atoms with E-state index in [-0.39, 0.29) is 35.2 Å². The molecule has 1 heterocycles. The lowest BCUT2D eigenvalue weighted by molar-refractivity contribution is 0.0540. The maximum Gasteiger partial charge on any atom is 0.255 e. The molecule has 0 bridgehead atoms. The molecule has 1 amide bonds. The molecule has 2 aromatic carbocycles. The van der Waals surface area contributed by atoms with Gasteiger partial charge in [-0.1, -0.05) is 55.3 Å². The zero-order valence-corrected chi connectivity index (χ0v) is 22.9. The number of carbonyl (C=O) groups is 1. The summed E-state index contributed by atoms with van der Waals surface area (Å²) in [7, 11) is -3.94. The molecule has 1 saturated heterocycles. The summed E-state index contributed by atoms with van der Waals surface area (Å²) in [5.41, 5.74) is 0.981. The highest BCUT2D eigenvalue weighted by molar-refractivity contribution is 7.89. The molecule has 3 rings (SSSR count). The molecule has 2 aromatic rings. The van der Waals surface area contributed by atoms with Crippen molar-refractivity contribution in [3.05, 3.63) is 82.4 Å². The maximum atomic E-state index is 13.6. The van der Waals surface area contributed by atoms with Gasteiger partial charge in [-0.3, -0.25) is 4.79 Å². The molecule has 202 valence electrons. The van der Waals surface area contributed by atoms with E-state index in [1.54, 1.807) is 0 Å². The number of halogens is 3. The molecule has 1 fully saturated rings. The highest BCUT2D eigenvalue weighted by atomic mass is 35.5. The molecule has 0 spiro atoms. The Bertz CT molecular complexity index is 1240. The van der Waals surface area contributed by atoms with E-state index in [1.165, 1.54) is 28.6 Å². The average Bonchev–Trinajstić information content (AvgIpc) is 2.88. The lowest BCUT2D eigenvalue weighted by Crippen LogP contribution is -2.46. The molecule has 0 radical (unpaired) electrons. The van der Waals surface area contributed by atoms with Crippen LogP contribution in [0.2, 0.25) is 5.02 Å². The van der Waals surface area contributed by atoms with Crippen LogP contribution in [0.15, 0.2) is 65.1 Å². The molecule has 2 N–H and O–H groups in total. The summed E-state index contributed by atoms with van der Waals surface area (Å²) in [4.78, 5) is 12.6. The zero-order valence-electron chi connectivity index (χ0n) is 21.3. The number of aliphatic hydroxyl groups is 1. The first-order chi connectivity index (χ1) is 17.5. The predicted molar refractivity (Wildman–Crippen MR) is 143 cm³/mol. The molecule has 0 aromatic heterocycles. The van der Waals surface area contributed by atoms with Gasteiger partial charge in [0, 0.05) is 36.3 Å². The molecule has 37 heavy (non-hydrogen) atoms. The monoisotopic (exact) mass is 554 g/mol. The van der Waals surface area contributed by atoms with Crippen molar-refractivity contribution >= 4 is 33.2 Å². The number of hydrogen-bond donors (Lipinski definition) is 2. The summed E-state index contributed by atoms with van der Waals surface area (Å²) < 4.78 is 55.0. The number of benzene rings is 2. The second kappa shape index (κ2) is 13.8. The third kappa shape index (κ3) is 7.95. The van der Waals surface area contributed by atoms with E-state index in [2.05, 4.69) is 5.32 Å². The van der Waals surface area contributed by atoms with Gasteiger partial charge in [-0.2, -0.15) is 4.31 Å². The van der Waals surface area contributed by atoms with Crippen LogP contribution in [0.1, 0.15) is 50.9 Å². The number of sulfonamides is 1. The molecule has 0 aliphatic carbocycles. The number of allylic oxidation sites excluding steroid dienone is 4. The van der Waals surface area contributed by atoms with Crippen LogP contribution >= 0.6 is 11.6 Å². The van der Waals surface area contributed by atoms with Crippen LogP contribution in [0.5, 0.6) is 0 Å². The highest BCUT2D eigenvalue weighted by Crippen LogP contribution is 2.29. The van der Waals surface area contributed by atoms with Crippen molar-refractivity contribution in [2.24, 2.45) is 5.92 Å². The van der Waals surface area contributed by atoms with Gasteiger partial charge in [0.2, 0.25) is 10.0 Å². The number of nitrogens with one attached hydrogen (secondary N) is 1. The van der Waals surface area contributed by atoms with Crippen molar-refractivity contribution in [2.45, 2.75) is 51.5 Å². The Labute approximate surface area is 222 Å². The minimum Gasteiger partial charge on any atom is -0.393 e. The van der Waals surface area contributed by atoms with Crippen LogP contribution in [-0.2, 0) is 10.0 Å². The number of rotatable bonds is 7. The van der Waals surface area contributed by atoms with Crippen LogP contribution < -0.4 is 5.32 Å². The van der Waals surface area contributed by atoms with Crippen LogP contribution in [0.3, 0.4) is 0 Å². The van der Waals surface area contributed by atoms with Gasteiger partial charge < -0.3 is 10.4 Å².